The molecule has 18 heavy (non-hydrogen) atoms. The zero-order valence-electron chi connectivity index (χ0n) is 10.5. The minimum absolute atomic E-state index is 0.331. The van der Waals surface area contributed by atoms with Gasteiger partial charge in [0.1, 0.15) is 0 Å². The third-order valence-corrected chi connectivity index (χ3v) is 2.95. The molecule has 3 nitrogen and oxygen atoms in total. The van der Waals surface area contributed by atoms with Crippen LogP contribution in [-0.4, -0.2) is 16.1 Å². The number of carboxylic acids is 1. The molecular formula is C15H15NO2. The topological polar surface area (TPSA) is 50.2 Å². The highest BCUT2D eigenvalue weighted by molar-refractivity contribution is 5.91. The number of rotatable bonds is 3. The molecule has 1 N–H and O–H groups in total. The van der Waals surface area contributed by atoms with E-state index < -0.39 is 5.97 Å². The number of nitrogens with zero attached hydrogens (tertiary/aromatic N) is 1. The lowest BCUT2D eigenvalue weighted by Crippen LogP contribution is -2.07. The molecular weight excluding hydrogens is 226 g/mol. The Labute approximate surface area is 106 Å². The highest BCUT2D eigenvalue weighted by Crippen LogP contribution is 2.22. The van der Waals surface area contributed by atoms with Crippen LogP contribution in [0.4, 0.5) is 0 Å². The van der Waals surface area contributed by atoms with Crippen molar-refractivity contribution in [2.45, 2.75) is 20.3 Å². The first-order valence-electron chi connectivity index (χ1n) is 5.92. The van der Waals surface area contributed by atoms with Crippen molar-refractivity contribution in [2.75, 3.05) is 0 Å². The summed E-state index contributed by atoms with van der Waals surface area (Å²) in [7, 11) is 0. The molecule has 0 aliphatic rings. The van der Waals surface area contributed by atoms with Crippen molar-refractivity contribution >= 4 is 5.97 Å². The van der Waals surface area contributed by atoms with Crippen LogP contribution in [0, 0.1) is 6.92 Å². The van der Waals surface area contributed by atoms with Crippen molar-refractivity contribution in [2.24, 2.45) is 0 Å². The average molecular weight is 241 g/mol. The Kier molecular flexibility index (Phi) is 3.42. The zero-order valence-corrected chi connectivity index (χ0v) is 10.5. The monoisotopic (exact) mass is 241 g/mol. The van der Waals surface area contributed by atoms with Gasteiger partial charge in [-0.05, 0) is 25.0 Å². The Morgan fingerprint density at radius 2 is 1.94 bits per heavy atom. The Hall–Kier alpha value is -2.16. The van der Waals surface area contributed by atoms with Gasteiger partial charge in [-0.2, -0.15) is 0 Å². The molecule has 0 atom stereocenters. The van der Waals surface area contributed by atoms with Gasteiger partial charge in [-0.15, -0.1) is 0 Å². The summed E-state index contributed by atoms with van der Waals surface area (Å²) in [5, 5.41) is 9.20. The summed E-state index contributed by atoms with van der Waals surface area (Å²) in [6, 6.07) is 11.7. The quantitative estimate of drug-likeness (QED) is 0.896. The summed E-state index contributed by atoms with van der Waals surface area (Å²) in [5.74, 6) is -0.906. The Morgan fingerprint density at radius 1 is 1.28 bits per heavy atom. The molecule has 0 aliphatic heterocycles. The summed E-state index contributed by atoms with van der Waals surface area (Å²) < 4.78 is 0. The smallest absolute Gasteiger partial charge is 0.337 e. The normalized spacial score (nSPS) is 10.3. The third-order valence-electron chi connectivity index (χ3n) is 2.95. The molecule has 0 radical (unpaired) electrons. The molecule has 0 saturated heterocycles. The van der Waals surface area contributed by atoms with E-state index in [4.69, 9.17) is 0 Å². The fourth-order valence-electron chi connectivity index (χ4n) is 2.07. The Bertz CT molecular complexity index is 577. The van der Waals surface area contributed by atoms with Crippen molar-refractivity contribution in [1.82, 2.24) is 4.98 Å². The molecule has 0 saturated carbocycles. The number of aromatic nitrogens is 1. The molecule has 0 amide bonds. The van der Waals surface area contributed by atoms with Crippen LogP contribution in [0.25, 0.3) is 11.3 Å². The average Bonchev–Trinajstić information content (AvgIpc) is 2.38. The lowest BCUT2D eigenvalue weighted by molar-refractivity contribution is 0.0694. The molecule has 92 valence electrons. The Morgan fingerprint density at radius 3 is 2.50 bits per heavy atom. The second kappa shape index (κ2) is 5.00. The number of carboxylic acid groups (broad SMARTS) is 1. The highest BCUT2D eigenvalue weighted by Gasteiger charge is 2.15. The van der Waals surface area contributed by atoms with E-state index in [2.05, 4.69) is 4.98 Å². The van der Waals surface area contributed by atoms with Gasteiger partial charge in [0.25, 0.3) is 0 Å². The largest absolute Gasteiger partial charge is 0.478 e. The van der Waals surface area contributed by atoms with E-state index in [0.717, 1.165) is 16.8 Å². The van der Waals surface area contributed by atoms with Gasteiger partial charge in [-0.1, -0.05) is 37.3 Å². The zero-order chi connectivity index (χ0) is 13.1. The molecule has 0 bridgehead atoms. The first kappa shape index (κ1) is 12.3. The third kappa shape index (κ3) is 2.25. The van der Waals surface area contributed by atoms with E-state index >= 15 is 0 Å². The number of carbonyl (C=O) groups is 1. The van der Waals surface area contributed by atoms with Crippen molar-refractivity contribution in [1.29, 1.82) is 0 Å². The van der Waals surface area contributed by atoms with Crippen LogP contribution in [0.2, 0.25) is 0 Å². The first-order chi connectivity index (χ1) is 8.63. The Balaban J connectivity index is 2.60. The number of hydrogen-bond donors (Lipinski definition) is 1. The van der Waals surface area contributed by atoms with Crippen LogP contribution in [0.1, 0.15) is 28.5 Å². The minimum Gasteiger partial charge on any atom is -0.478 e. The second-order valence-corrected chi connectivity index (χ2v) is 4.15. The van der Waals surface area contributed by atoms with Crippen LogP contribution in [-0.2, 0) is 6.42 Å². The van der Waals surface area contributed by atoms with E-state index in [1.54, 1.807) is 6.92 Å². The molecule has 2 rings (SSSR count). The van der Waals surface area contributed by atoms with Gasteiger partial charge in [-0.25, -0.2) is 4.79 Å². The molecule has 0 unspecified atom stereocenters. The van der Waals surface area contributed by atoms with Gasteiger partial charge in [-0.3, -0.25) is 4.98 Å². The van der Waals surface area contributed by atoms with Crippen molar-refractivity contribution in [3.8, 4) is 11.3 Å². The number of pyridine rings is 1. The maximum atomic E-state index is 11.2. The molecule has 1 aromatic carbocycles. The van der Waals surface area contributed by atoms with Gasteiger partial charge < -0.3 is 5.11 Å². The number of aryl methyl sites for hydroxylation is 2. The molecule has 1 aromatic heterocycles. The van der Waals surface area contributed by atoms with Gasteiger partial charge in [0, 0.05) is 5.56 Å². The standard InChI is InChI=1S/C15H15NO2/c1-3-11-9-13(12-7-5-4-6-8-12)16-10(2)14(11)15(17)18/h4-9H,3H2,1-2H3,(H,17,18). The SMILES string of the molecule is CCc1cc(-c2ccccc2)nc(C)c1C(=O)O. The van der Waals surface area contributed by atoms with E-state index in [1.807, 2.05) is 43.3 Å². The molecule has 0 fully saturated rings. The van der Waals surface area contributed by atoms with E-state index in [1.165, 1.54) is 0 Å². The van der Waals surface area contributed by atoms with Crippen LogP contribution in [0.3, 0.4) is 0 Å². The van der Waals surface area contributed by atoms with Crippen LogP contribution in [0.15, 0.2) is 36.4 Å². The number of hydrogen-bond acceptors (Lipinski definition) is 2. The molecule has 0 spiro atoms. The van der Waals surface area contributed by atoms with Crippen LogP contribution >= 0.6 is 0 Å². The summed E-state index contributed by atoms with van der Waals surface area (Å²) in [6.07, 6.45) is 0.685. The summed E-state index contributed by atoms with van der Waals surface area (Å²) in [6.45, 7) is 3.70. The lowest BCUT2D eigenvalue weighted by Gasteiger charge is -2.10. The van der Waals surface area contributed by atoms with Crippen LogP contribution in [0.5, 0.6) is 0 Å². The van der Waals surface area contributed by atoms with E-state index in [-0.39, 0.29) is 0 Å². The van der Waals surface area contributed by atoms with Crippen molar-refractivity contribution in [3.05, 3.63) is 53.2 Å². The van der Waals surface area contributed by atoms with Gasteiger partial charge in [0.2, 0.25) is 0 Å². The van der Waals surface area contributed by atoms with Gasteiger partial charge >= 0.3 is 5.97 Å². The highest BCUT2D eigenvalue weighted by atomic mass is 16.4. The predicted octanol–water partition coefficient (Wildman–Crippen LogP) is 3.32. The maximum Gasteiger partial charge on any atom is 0.337 e. The molecule has 1 heterocycles. The number of benzene rings is 1. The molecule has 2 aromatic rings. The van der Waals surface area contributed by atoms with E-state index in [0.29, 0.717) is 17.7 Å². The summed E-state index contributed by atoms with van der Waals surface area (Å²) >= 11 is 0. The van der Waals surface area contributed by atoms with E-state index in [9.17, 15) is 9.90 Å². The predicted molar refractivity (Wildman–Crippen MR) is 70.7 cm³/mol. The molecule has 0 aliphatic carbocycles. The molecule has 3 heteroatoms. The second-order valence-electron chi connectivity index (χ2n) is 4.15. The van der Waals surface area contributed by atoms with Gasteiger partial charge in [0.05, 0.1) is 17.0 Å². The fraction of sp³-hybridized carbons (Fsp3) is 0.200. The fourth-order valence-corrected chi connectivity index (χ4v) is 2.07. The lowest BCUT2D eigenvalue weighted by atomic mass is 10.0. The van der Waals surface area contributed by atoms with Crippen molar-refractivity contribution < 1.29 is 9.90 Å². The van der Waals surface area contributed by atoms with Crippen LogP contribution < -0.4 is 0 Å². The van der Waals surface area contributed by atoms with Crippen molar-refractivity contribution in [3.63, 3.8) is 0 Å². The number of aromatic carboxylic acids is 1. The summed E-state index contributed by atoms with van der Waals surface area (Å²) in [5.41, 5.74) is 3.56. The minimum atomic E-state index is -0.906. The summed E-state index contributed by atoms with van der Waals surface area (Å²) in [4.78, 5) is 15.6. The first-order valence-corrected chi connectivity index (χ1v) is 5.92. The van der Waals surface area contributed by atoms with Gasteiger partial charge in [0.15, 0.2) is 0 Å². The maximum absolute atomic E-state index is 11.2.